The minimum absolute atomic E-state index is 0.181. The predicted molar refractivity (Wildman–Crippen MR) is 213 cm³/mol. The van der Waals surface area contributed by atoms with E-state index >= 15 is 0 Å². The summed E-state index contributed by atoms with van der Waals surface area (Å²) in [5.74, 6) is 0.181. The highest BCUT2D eigenvalue weighted by molar-refractivity contribution is 6.16. The van der Waals surface area contributed by atoms with E-state index in [1.807, 2.05) is 12.3 Å². The summed E-state index contributed by atoms with van der Waals surface area (Å²) in [4.78, 5) is 20.3. The number of rotatable bonds is 4. The third-order valence-electron chi connectivity index (χ3n) is 10.5. The van der Waals surface area contributed by atoms with Gasteiger partial charge in [0.25, 0.3) is 0 Å². The van der Waals surface area contributed by atoms with Gasteiger partial charge >= 0.3 is 0 Å². The van der Waals surface area contributed by atoms with Gasteiger partial charge in [-0.25, -0.2) is 9.97 Å². The Hall–Kier alpha value is -6.26. The maximum absolute atomic E-state index is 5.29. The molecule has 1 aliphatic rings. The van der Waals surface area contributed by atoms with Crippen LogP contribution in [0.2, 0.25) is 0 Å². The number of benzene rings is 5. The third kappa shape index (κ3) is 4.98. The molecule has 0 N–H and O–H groups in total. The van der Waals surface area contributed by atoms with E-state index in [1.165, 1.54) is 38.6 Å². The molecule has 1 unspecified atom stereocenters. The molecule has 0 spiro atoms. The van der Waals surface area contributed by atoms with Gasteiger partial charge in [-0.3, -0.25) is 9.97 Å². The molecule has 10 rings (SSSR count). The SMILES string of the molecule is CC(C)=CCc1ccc2ccc3ccc(C4C=Cc5c(ccc6ccc(-c7c8ccccc8nc8c7ccc7cccnc78)cc56)C4)nc3c2n1. The summed E-state index contributed by atoms with van der Waals surface area (Å²) in [6, 6.07) is 41.4. The van der Waals surface area contributed by atoms with Gasteiger partial charge in [0, 0.05) is 62.4 Å². The van der Waals surface area contributed by atoms with Crippen LogP contribution in [0.15, 0.2) is 139 Å². The second-order valence-corrected chi connectivity index (χ2v) is 14.0. The Balaban J connectivity index is 1.08. The average molecular weight is 655 g/mol. The molecule has 0 fully saturated rings. The number of hydrogen-bond donors (Lipinski definition) is 0. The molecule has 0 saturated carbocycles. The van der Waals surface area contributed by atoms with Crippen LogP contribution in [0, 0.1) is 0 Å². The van der Waals surface area contributed by atoms with Crippen molar-refractivity contribution in [2.24, 2.45) is 0 Å². The van der Waals surface area contributed by atoms with Crippen LogP contribution < -0.4 is 0 Å². The molecule has 9 aromatic rings. The third-order valence-corrected chi connectivity index (χ3v) is 10.5. The zero-order chi connectivity index (χ0) is 34.1. The van der Waals surface area contributed by atoms with Gasteiger partial charge in [-0.15, -0.1) is 0 Å². The van der Waals surface area contributed by atoms with E-state index < -0.39 is 0 Å². The summed E-state index contributed by atoms with van der Waals surface area (Å²) in [6.45, 7) is 4.26. The fourth-order valence-corrected chi connectivity index (χ4v) is 7.89. The number of hydrogen-bond acceptors (Lipinski definition) is 4. The van der Waals surface area contributed by atoms with Crippen LogP contribution in [0.3, 0.4) is 0 Å². The molecule has 242 valence electrons. The summed E-state index contributed by atoms with van der Waals surface area (Å²) < 4.78 is 0. The first kappa shape index (κ1) is 29.6. The molecular weight excluding hydrogens is 621 g/mol. The first-order valence-corrected chi connectivity index (χ1v) is 17.7. The lowest BCUT2D eigenvalue weighted by Crippen LogP contribution is -2.08. The number of nitrogens with zero attached hydrogens (tertiary/aromatic N) is 4. The van der Waals surface area contributed by atoms with Crippen LogP contribution in [0.5, 0.6) is 0 Å². The molecule has 4 heterocycles. The highest BCUT2D eigenvalue weighted by atomic mass is 14.8. The van der Waals surface area contributed by atoms with E-state index in [4.69, 9.17) is 19.9 Å². The monoisotopic (exact) mass is 654 g/mol. The molecule has 0 amide bonds. The minimum atomic E-state index is 0.181. The standard InChI is InChI=1S/C47H34N4/c1-28(2)9-20-36-21-16-31-12-13-32-19-24-41(50-46(32)45(31)49-36)34-18-22-37-33(26-34)14-10-29-11-15-35(27-40(29)37)43-38-7-3-4-8-42(38)51-47-39(43)23-17-30-6-5-25-48-44(30)47/h3-19,21-25,27,34H,20,26H2,1-2H3. The molecule has 0 saturated heterocycles. The fraction of sp³-hybridized carbons (Fsp3) is 0.106. The molecule has 4 heteroatoms. The number of pyridine rings is 4. The van der Waals surface area contributed by atoms with Gasteiger partial charge in [-0.2, -0.15) is 0 Å². The maximum Gasteiger partial charge on any atom is 0.0978 e. The van der Waals surface area contributed by atoms with Gasteiger partial charge < -0.3 is 0 Å². The van der Waals surface area contributed by atoms with Crippen LogP contribution in [0.1, 0.15) is 42.3 Å². The molecule has 4 aromatic heterocycles. The molecule has 0 aliphatic heterocycles. The number of para-hydroxylation sites is 1. The summed E-state index contributed by atoms with van der Waals surface area (Å²) >= 11 is 0. The van der Waals surface area contributed by atoms with Crippen LogP contribution >= 0.6 is 0 Å². The second kappa shape index (κ2) is 11.7. The van der Waals surface area contributed by atoms with Gasteiger partial charge in [-0.05, 0) is 78.1 Å². The summed E-state index contributed by atoms with van der Waals surface area (Å²) in [5, 5.41) is 8.11. The highest BCUT2D eigenvalue weighted by Gasteiger charge is 2.21. The number of aromatic nitrogens is 4. The fourth-order valence-electron chi connectivity index (χ4n) is 7.89. The van der Waals surface area contributed by atoms with Gasteiger partial charge in [0.05, 0.1) is 27.6 Å². The average Bonchev–Trinajstić information content (AvgIpc) is 3.18. The van der Waals surface area contributed by atoms with Crippen LogP contribution in [-0.2, 0) is 12.8 Å². The Kier molecular flexibility index (Phi) is 6.78. The summed E-state index contributed by atoms with van der Waals surface area (Å²) in [6.07, 6.45) is 10.5. The van der Waals surface area contributed by atoms with Crippen molar-refractivity contribution < 1.29 is 0 Å². The lowest BCUT2D eigenvalue weighted by molar-refractivity contribution is 0.801. The molecule has 1 aliphatic carbocycles. The van der Waals surface area contributed by atoms with E-state index in [2.05, 4.69) is 141 Å². The second-order valence-electron chi connectivity index (χ2n) is 14.0. The largest absolute Gasteiger partial charge is 0.254 e. The van der Waals surface area contributed by atoms with Crippen molar-refractivity contribution in [3.8, 4) is 11.1 Å². The molecule has 0 radical (unpaired) electrons. The highest BCUT2D eigenvalue weighted by Crippen LogP contribution is 2.40. The van der Waals surface area contributed by atoms with Gasteiger partial charge in [-0.1, -0.05) is 109 Å². The van der Waals surface area contributed by atoms with E-state index in [1.54, 1.807) is 0 Å². The van der Waals surface area contributed by atoms with E-state index in [-0.39, 0.29) is 5.92 Å². The lowest BCUT2D eigenvalue weighted by Gasteiger charge is -2.21. The van der Waals surface area contributed by atoms with Gasteiger partial charge in [0.1, 0.15) is 0 Å². The van der Waals surface area contributed by atoms with Crippen LogP contribution in [0.25, 0.3) is 82.5 Å². The normalized spacial score (nSPS) is 14.2. The van der Waals surface area contributed by atoms with Crippen molar-refractivity contribution in [1.29, 1.82) is 0 Å². The molecule has 0 bridgehead atoms. The van der Waals surface area contributed by atoms with Crippen molar-refractivity contribution in [2.75, 3.05) is 0 Å². The lowest BCUT2D eigenvalue weighted by atomic mass is 9.84. The Labute approximate surface area is 295 Å². The summed E-state index contributed by atoms with van der Waals surface area (Å²) in [5.41, 5.74) is 13.3. The van der Waals surface area contributed by atoms with Crippen LogP contribution in [0.4, 0.5) is 0 Å². The zero-order valence-electron chi connectivity index (χ0n) is 28.6. The molecular formula is C47H34N4. The van der Waals surface area contributed by atoms with Crippen molar-refractivity contribution >= 4 is 71.4 Å². The number of allylic oxidation sites excluding steroid dienone is 3. The quantitative estimate of drug-likeness (QED) is 0.108. The first-order valence-electron chi connectivity index (χ1n) is 17.7. The predicted octanol–water partition coefficient (Wildman–Crippen LogP) is 11.7. The minimum Gasteiger partial charge on any atom is -0.254 e. The topological polar surface area (TPSA) is 51.6 Å². The van der Waals surface area contributed by atoms with Gasteiger partial charge in [0.2, 0.25) is 0 Å². The first-order chi connectivity index (χ1) is 25.1. The Morgan fingerprint density at radius 1 is 0.647 bits per heavy atom. The van der Waals surface area contributed by atoms with Crippen molar-refractivity contribution in [3.05, 3.63) is 162 Å². The van der Waals surface area contributed by atoms with E-state index in [0.717, 1.165) is 78.7 Å². The Morgan fingerprint density at radius 3 is 2.31 bits per heavy atom. The van der Waals surface area contributed by atoms with Crippen LogP contribution in [-0.4, -0.2) is 19.9 Å². The maximum atomic E-state index is 5.29. The molecule has 1 atom stereocenters. The van der Waals surface area contributed by atoms with Crippen molar-refractivity contribution in [2.45, 2.75) is 32.6 Å². The Morgan fingerprint density at radius 2 is 1.41 bits per heavy atom. The summed E-state index contributed by atoms with van der Waals surface area (Å²) in [7, 11) is 0. The smallest absolute Gasteiger partial charge is 0.0978 e. The van der Waals surface area contributed by atoms with Gasteiger partial charge in [0.15, 0.2) is 0 Å². The van der Waals surface area contributed by atoms with Crippen molar-refractivity contribution in [3.63, 3.8) is 0 Å². The van der Waals surface area contributed by atoms with E-state index in [0.29, 0.717) is 0 Å². The Bertz CT molecular complexity index is 2950. The molecule has 5 aromatic carbocycles. The van der Waals surface area contributed by atoms with Crippen molar-refractivity contribution in [1.82, 2.24) is 19.9 Å². The molecule has 51 heavy (non-hydrogen) atoms. The van der Waals surface area contributed by atoms with E-state index in [9.17, 15) is 0 Å². The number of fused-ring (bicyclic) bond motifs is 10. The zero-order valence-corrected chi connectivity index (χ0v) is 28.6. The molecule has 4 nitrogen and oxygen atoms in total.